The standard InChI is InChI=1S/C25H21F3N4O2/c1-16-6-9-20(10-7-16)31-15-18(14-30-31)13-29-23(33)22-11-8-17(2)32(24(22)34)21-5-3-4-19(12-21)25(26,27)28/h3-12,14-15H,13H2,1-2H3,(H,29,33). The van der Waals surface area contributed by atoms with Crippen LogP contribution in [0.3, 0.4) is 0 Å². The van der Waals surface area contributed by atoms with Crippen LogP contribution in [0.25, 0.3) is 11.4 Å². The first-order valence-corrected chi connectivity index (χ1v) is 10.4. The summed E-state index contributed by atoms with van der Waals surface area (Å²) in [4.78, 5) is 25.8. The fraction of sp³-hybridized carbons (Fsp3) is 0.160. The Morgan fingerprint density at radius 2 is 1.74 bits per heavy atom. The lowest BCUT2D eigenvalue weighted by molar-refractivity contribution is -0.137. The molecule has 0 radical (unpaired) electrons. The number of carbonyl (C=O) groups is 1. The molecule has 0 saturated carbocycles. The number of hydrogen-bond donors (Lipinski definition) is 1. The summed E-state index contributed by atoms with van der Waals surface area (Å²) < 4.78 is 42.1. The molecule has 174 valence electrons. The van der Waals surface area contributed by atoms with Crippen LogP contribution < -0.4 is 10.9 Å². The van der Waals surface area contributed by atoms with Gasteiger partial charge in [-0.15, -0.1) is 0 Å². The molecule has 0 spiro atoms. The molecule has 0 fully saturated rings. The van der Waals surface area contributed by atoms with Gasteiger partial charge >= 0.3 is 6.18 Å². The lowest BCUT2D eigenvalue weighted by atomic mass is 10.1. The molecular formula is C25H21F3N4O2. The average Bonchev–Trinajstić information content (AvgIpc) is 3.27. The SMILES string of the molecule is Cc1ccc(-n2cc(CNC(=O)c3ccc(C)n(-c4cccc(C(F)(F)F)c4)c3=O)cn2)cc1. The van der Waals surface area contributed by atoms with Crippen molar-refractivity contribution in [3.05, 3.63) is 111 Å². The third-order valence-electron chi connectivity index (χ3n) is 5.34. The van der Waals surface area contributed by atoms with Gasteiger partial charge < -0.3 is 5.32 Å². The summed E-state index contributed by atoms with van der Waals surface area (Å²) in [5.41, 5.74) is 1.40. The lowest BCUT2D eigenvalue weighted by Gasteiger charge is -2.14. The normalized spacial score (nSPS) is 11.4. The molecular weight excluding hydrogens is 445 g/mol. The third-order valence-corrected chi connectivity index (χ3v) is 5.34. The molecule has 2 aromatic heterocycles. The monoisotopic (exact) mass is 466 g/mol. The Bertz CT molecular complexity index is 1400. The summed E-state index contributed by atoms with van der Waals surface area (Å²) in [6.45, 7) is 3.70. The molecule has 0 unspecified atom stereocenters. The summed E-state index contributed by atoms with van der Waals surface area (Å²) in [5.74, 6) is -0.631. The van der Waals surface area contributed by atoms with Crippen LogP contribution in [-0.4, -0.2) is 20.3 Å². The maximum Gasteiger partial charge on any atom is 0.416 e. The number of hydrogen-bond acceptors (Lipinski definition) is 3. The third kappa shape index (κ3) is 4.78. The van der Waals surface area contributed by atoms with Crippen LogP contribution in [0.2, 0.25) is 0 Å². The Labute approximate surface area is 193 Å². The van der Waals surface area contributed by atoms with Gasteiger partial charge in [0.15, 0.2) is 0 Å². The summed E-state index contributed by atoms with van der Waals surface area (Å²) in [6.07, 6.45) is -1.18. The van der Waals surface area contributed by atoms with Gasteiger partial charge in [-0.2, -0.15) is 18.3 Å². The molecule has 34 heavy (non-hydrogen) atoms. The Hall–Kier alpha value is -4.14. The molecule has 2 aromatic carbocycles. The van der Waals surface area contributed by atoms with E-state index in [1.165, 1.54) is 24.3 Å². The van der Waals surface area contributed by atoms with Gasteiger partial charge in [0.05, 0.1) is 17.4 Å². The number of alkyl halides is 3. The summed E-state index contributed by atoms with van der Waals surface area (Å²) in [6, 6.07) is 15.1. The second-order valence-electron chi connectivity index (χ2n) is 7.89. The highest BCUT2D eigenvalue weighted by Crippen LogP contribution is 2.30. The topological polar surface area (TPSA) is 68.9 Å². The van der Waals surface area contributed by atoms with E-state index < -0.39 is 23.2 Å². The van der Waals surface area contributed by atoms with Gasteiger partial charge in [-0.3, -0.25) is 14.2 Å². The average molecular weight is 466 g/mol. The smallest absolute Gasteiger partial charge is 0.348 e. The highest BCUT2D eigenvalue weighted by molar-refractivity contribution is 5.93. The van der Waals surface area contributed by atoms with Crippen molar-refractivity contribution in [3.63, 3.8) is 0 Å². The van der Waals surface area contributed by atoms with E-state index in [1.54, 1.807) is 24.0 Å². The number of benzene rings is 2. The van der Waals surface area contributed by atoms with Gasteiger partial charge in [0, 0.05) is 29.7 Å². The van der Waals surface area contributed by atoms with Crippen molar-refractivity contribution < 1.29 is 18.0 Å². The van der Waals surface area contributed by atoms with Gasteiger partial charge in [-0.05, 0) is 56.3 Å². The number of rotatable bonds is 5. The van der Waals surface area contributed by atoms with Crippen LogP contribution in [0.5, 0.6) is 0 Å². The number of carbonyl (C=O) groups excluding carboxylic acids is 1. The Morgan fingerprint density at radius 3 is 2.44 bits per heavy atom. The number of aromatic nitrogens is 3. The number of aryl methyl sites for hydroxylation is 2. The van der Waals surface area contributed by atoms with Crippen molar-refractivity contribution in [1.82, 2.24) is 19.7 Å². The minimum atomic E-state index is -4.55. The zero-order valence-corrected chi connectivity index (χ0v) is 18.4. The molecule has 0 aliphatic heterocycles. The molecule has 0 atom stereocenters. The summed E-state index contributed by atoms with van der Waals surface area (Å²) in [7, 11) is 0. The predicted octanol–water partition coefficient (Wildman–Crippen LogP) is 4.59. The number of amides is 1. The Kier molecular flexibility index (Phi) is 6.10. The Balaban J connectivity index is 1.55. The van der Waals surface area contributed by atoms with Gasteiger partial charge in [0.2, 0.25) is 0 Å². The van der Waals surface area contributed by atoms with Gasteiger partial charge in [0.25, 0.3) is 11.5 Å². The van der Waals surface area contributed by atoms with E-state index in [2.05, 4.69) is 10.4 Å². The fourth-order valence-corrected chi connectivity index (χ4v) is 3.51. The molecule has 0 bridgehead atoms. The van der Waals surface area contributed by atoms with Gasteiger partial charge in [-0.25, -0.2) is 4.68 Å². The molecule has 1 N–H and O–H groups in total. The van der Waals surface area contributed by atoms with Gasteiger partial charge in [0.1, 0.15) is 5.56 Å². The zero-order chi connectivity index (χ0) is 24.5. The first-order chi connectivity index (χ1) is 16.1. The number of nitrogens with zero attached hydrogens (tertiary/aromatic N) is 3. The lowest BCUT2D eigenvalue weighted by Crippen LogP contribution is -2.33. The maximum absolute atomic E-state index is 13.1. The summed E-state index contributed by atoms with van der Waals surface area (Å²) in [5, 5.41) is 6.96. The van der Waals surface area contributed by atoms with E-state index in [4.69, 9.17) is 0 Å². The van der Waals surface area contributed by atoms with Crippen LogP contribution in [0.15, 0.2) is 77.9 Å². The zero-order valence-electron chi connectivity index (χ0n) is 18.4. The Morgan fingerprint density at radius 1 is 1.00 bits per heavy atom. The highest BCUT2D eigenvalue weighted by Gasteiger charge is 2.30. The molecule has 9 heteroatoms. The van der Waals surface area contributed by atoms with Crippen LogP contribution in [0.1, 0.15) is 32.7 Å². The number of halogens is 3. The molecule has 4 rings (SSSR count). The number of nitrogens with one attached hydrogen (secondary N) is 1. The largest absolute Gasteiger partial charge is 0.416 e. The van der Waals surface area contributed by atoms with Gasteiger partial charge in [-0.1, -0.05) is 23.8 Å². The maximum atomic E-state index is 13.1. The van der Waals surface area contributed by atoms with E-state index >= 15 is 0 Å². The van der Waals surface area contributed by atoms with Crippen molar-refractivity contribution in [1.29, 1.82) is 0 Å². The van der Waals surface area contributed by atoms with E-state index in [9.17, 15) is 22.8 Å². The molecule has 1 amide bonds. The minimum Gasteiger partial charge on any atom is -0.348 e. The minimum absolute atomic E-state index is 0.0337. The van der Waals surface area contributed by atoms with Crippen LogP contribution >= 0.6 is 0 Å². The van der Waals surface area contributed by atoms with Crippen molar-refractivity contribution in [3.8, 4) is 11.4 Å². The van der Waals surface area contributed by atoms with Crippen LogP contribution in [0, 0.1) is 13.8 Å². The second kappa shape index (κ2) is 9.01. The molecule has 0 saturated heterocycles. The quantitative estimate of drug-likeness (QED) is 0.468. The summed E-state index contributed by atoms with van der Waals surface area (Å²) >= 11 is 0. The first-order valence-electron chi connectivity index (χ1n) is 10.4. The van der Waals surface area contributed by atoms with E-state index in [0.29, 0.717) is 5.69 Å². The predicted molar refractivity (Wildman–Crippen MR) is 121 cm³/mol. The fourth-order valence-electron chi connectivity index (χ4n) is 3.51. The van der Waals surface area contributed by atoms with Crippen molar-refractivity contribution in [2.24, 2.45) is 0 Å². The molecule has 0 aliphatic carbocycles. The second-order valence-corrected chi connectivity index (χ2v) is 7.89. The van der Waals surface area contributed by atoms with Crippen molar-refractivity contribution in [2.75, 3.05) is 0 Å². The molecule has 0 aliphatic rings. The molecule has 2 heterocycles. The van der Waals surface area contributed by atoms with E-state index in [-0.39, 0.29) is 17.8 Å². The van der Waals surface area contributed by atoms with Crippen LogP contribution in [0.4, 0.5) is 13.2 Å². The van der Waals surface area contributed by atoms with Crippen molar-refractivity contribution in [2.45, 2.75) is 26.6 Å². The highest BCUT2D eigenvalue weighted by atomic mass is 19.4. The molecule has 4 aromatic rings. The van der Waals surface area contributed by atoms with E-state index in [0.717, 1.165) is 33.5 Å². The van der Waals surface area contributed by atoms with Crippen LogP contribution in [-0.2, 0) is 12.7 Å². The first kappa shape index (κ1) is 23.0. The van der Waals surface area contributed by atoms with E-state index in [1.807, 2.05) is 31.2 Å². The molecule has 6 nitrogen and oxygen atoms in total. The number of pyridine rings is 1. The van der Waals surface area contributed by atoms with Crippen molar-refractivity contribution >= 4 is 5.91 Å².